The molecule has 0 aliphatic carbocycles. The maximum atomic E-state index is 11.1. The van der Waals surface area contributed by atoms with Crippen LogP contribution in [0.5, 0.6) is 0 Å². The largest absolute Gasteiger partial charge is 0.480 e. The topological polar surface area (TPSA) is 162 Å². The molecule has 9 nitrogen and oxygen atoms in total. The van der Waals surface area contributed by atoms with Crippen LogP contribution >= 0.6 is 0 Å². The summed E-state index contributed by atoms with van der Waals surface area (Å²) in [4.78, 5) is 21.8. The van der Waals surface area contributed by atoms with Gasteiger partial charge in [0.15, 0.2) is 0 Å². The van der Waals surface area contributed by atoms with Gasteiger partial charge < -0.3 is 30.9 Å². The van der Waals surface area contributed by atoms with Crippen LogP contribution in [0.2, 0.25) is 0 Å². The first-order valence-electron chi connectivity index (χ1n) is 6.15. The molecular weight excluding hydrogens is 272 g/mol. The minimum Gasteiger partial charge on any atom is -0.480 e. The number of ether oxygens (including phenoxy) is 1. The van der Waals surface area contributed by atoms with Crippen molar-refractivity contribution in [2.75, 3.05) is 6.61 Å². The Morgan fingerprint density at radius 1 is 1.45 bits per heavy atom. The number of primary amides is 1. The fourth-order valence-corrected chi connectivity index (χ4v) is 2.14. The Morgan fingerprint density at radius 3 is 2.45 bits per heavy atom. The molecule has 1 saturated heterocycles. The van der Waals surface area contributed by atoms with E-state index in [4.69, 9.17) is 20.7 Å². The number of aliphatic hydroxyl groups is 3. The molecule has 0 radical (unpaired) electrons. The van der Waals surface area contributed by atoms with E-state index in [0.717, 1.165) is 0 Å². The average molecular weight is 292 g/mol. The Kier molecular flexibility index (Phi) is 5.42. The third kappa shape index (κ3) is 3.64. The number of rotatable bonds is 7. The minimum absolute atomic E-state index is 0.0871. The Hall–Kier alpha value is -1.26. The van der Waals surface area contributed by atoms with Crippen molar-refractivity contribution >= 4 is 11.9 Å². The number of nitrogens with one attached hydrogen (secondary N) is 1. The molecule has 1 amide bonds. The number of carbonyl (C=O) groups excluding carboxylic acids is 1. The Morgan fingerprint density at radius 2 is 2.05 bits per heavy atom. The van der Waals surface area contributed by atoms with Gasteiger partial charge in [0, 0.05) is 6.42 Å². The molecular formula is C11H20N2O7. The molecule has 20 heavy (non-hydrogen) atoms. The summed E-state index contributed by atoms with van der Waals surface area (Å²) >= 11 is 0. The maximum Gasteiger partial charge on any atom is 0.320 e. The summed E-state index contributed by atoms with van der Waals surface area (Å²) in [5.41, 5.74) is 3.41. The van der Waals surface area contributed by atoms with E-state index in [9.17, 15) is 19.8 Å². The van der Waals surface area contributed by atoms with E-state index in [0.29, 0.717) is 0 Å². The highest BCUT2D eigenvalue weighted by Gasteiger charge is 2.52. The second-order valence-corrected chi connectivity index (χ2v) is 4.92. The molecule has 9 heteroatoms. The molecule has 0 spiro atoms. The van der Waals surface area contributed by atoms with Crippen molar-refractivity contribution in [2.45, 2.75) is 49.8 Å². The van der Waals surface area contributed by atoms with Crippen molar-refractivity contribution in [3.63, 3.8) is 0 Å². The van der Waals surface area contributed by atoms with E-state index in [1.165, 1.54) is 6.92 Å². The van der Waals surface area contributed by atoms with Gasteiger partial charge in [-0.25, -0.2) is 0 Å². The van der Waals surface area contributed by atoms with E-state index >= 15 is 0 Å². The molecule has 1 aliphatic heterocycles. The van der Waals surface area contributed by atoms with Gasteiger partial charge in [-0.2, -0.15) is 0 Å². The predicted molar refractivity (Wildman–Crippen MR) is 65.4 cm³/mol. The van der Waals surface area contributed by atoms with Crippen LogP contribution < -0.4 is 11.1 Å². The van der Waals surface area contributed by atoms with Gasteiger partial charge in [-0.05, 0) is 13.3 Å². The van der Waals surface area contributed by atoms with Crippen molar-refractivity contribution in [1.82, 2.24) is 5.32 Å². The third-order valence-corrected chi connectivity index (χ3v) is 3.28. The minimum atomic E-state index is -1.55. The van der Waals surface area contributed by atoms with E-state index in [1.54, 1.807) is 0 Å². The predicted octanol–water partition coefficient (Wildman–Crippen LogP) is -2.88. The first-order valence-corrected chi connectivity index (χ1v) is 6.15. The fourth-order valence-electron chi connectivity index (χ4n) is 2.14. The zero-order chi connectivity index (χ0) is 15.5. The summed E-state index contributed by atoms with van der Waals surface area (Å²) < 4.78 is 5.27. The van der Waals surface area contributed by atoms with Gasteiger partial charge >= 0.3 is 5.97 Å². The Labute approximate surface area is 115 Å². The summed E-state index contributed by atoms with van der Waals surface area (Å²) in [5.74, 6) is -1.89. The van der Waals surface area contributed by atoms with Crippen LogP contribution in [0.3, 0.4) is 0 Å². The number of hydrogen-bond acceptors (Lipinski definition) is 7. The Bertz CT molecular complexity index is 378. The van der Waals surface area contributed by atoms with Crippen molar-refractivity contribution in [2.24, 2.45) is 5.73 Å². The SMILES string of the molecule is CC1(N[C@@H](CCC(N)=O)C(=O)O)O[C@H](CO)[C@@H](O)[C@@H]1O. The summed E-state index contributed by atoms with van der Waals surface area (Å²) in [7, 11) is 0. The lowest BCUT2D eigenvalue weighted by Crippen LogP contribution is -2.58. The van der Waals surface area contributed by atoms with Crippen LogP contribution in [-0.2, 0) is 14.3 Å². The van der Waals surface area contributed by atoms with Crippen molar-refractivity contribution in [3.8, 4) is 0 Å². The molecule has 0 aromatic heterocycles. The maximum absolute atomic E-state index is 11.1. The molecule has 7 N–H and O–H groups in total. The first kappa shape index (κ1) is 16.8. The van der Waals surface area contributed by atoms with Crippen LogP contribution in [0.15, 0.2) is 0 Å². The monoisotopic (exact) mass is 292 g/mol. The molecule has 1 fully saturated rings. The normalized spacial score (nSPS) is 34.9. The van der Waals surface area contributed by atoms with Crippen molar-refractivity contribution < 1.29 is 34.8 Å². The molecule has 0 saturated carbocycles. The fraction of sp³-hybridized carbons (Fsp3) is 0.818. The summed E-state index contributed by atoms with van der Waals surface area (Å²) in [6.07, 6.45) is -4.02. The number of aliphatic carboxylic acids is 1. The van der Waals surface area contributed by atoms with Gasteiger partial charge in [-0.15, -0.1) is 0 Å². The molecule has 5 atom stereocenters. The summed E-state index contributed by atoms with van der Waals surface area (Å²) in [6, 6.07) is -1.19. The van der Waals surface area contributed by atoms with Gasteiger partial charge in [0.25, 0.3) is 0 Å². The molecule has 1 unspecified atom stereocenters. The highest BCUT2D eigenvalue weighted by atomic mass is 16.6. The third-order valence-electron chi connectivity index (χ3n) is 3.28. The van der Waals surface area contributed by atoms with Gasteiger partial charge in [0.2, 0.25) is 5.91 Å². The van der Waals surface area contributed by atoms with Crippen molar-refractivity contribution in [3.05, 3.63) is 0 Å². The zero-order valence-corrected chi connectivity index (χ0v) is 11.0. The van der Waals surface area contributed by atoms with Gasteiger partial charge in [0.05, 0.1) is 6.61 Å². The zero-order valence-electron chi connectivity index (χ0n) is 11.0. The van der Waals surface area contributed by atoms with E-state index < -0.39 is 48.6 Å². The molecule has 1 aliphatic rings. The molecule has 0 aromatic rings. The van der Waals surface area contributed by atoms with Crippen molar-refractivity contribution in [1.29, 1.82) is 0 Å². The highest BCUT2D eigenvalue weighted by Crippen LogP contribution is 2.29. The van der Waals surface area contributed by atoms with Crippen LogP contribution in [-0.4, -0.2) is 69.0 Å². The van der Waals surface area contributed by atoms with E-state index in [-0.39, 0.29) is 12.8 Å². The van der Waals surface area contributed by atoms with Gasteiger partial charge in [-0.1, -0.05) is 0 Å². The summed E-state index contributed by atoms with van der Waals surface area (Å²) in [6.45, 7) is 0.839. The first-order chi connectivity index (χ1) is 9.21. The second kappa shape index (κ2) is 6.46. The lowest BCUT2D eigenvalue weighted by molar-refractivity contribution is -0.147. The number of nitrogens with two attached hydrogens (primary N) is 1. The van der Waals surface area contributed by atoms with E-state index in [1.807, 2.05) is 0 Å². The molecule has 116 valence electrons. The molecule has 1 rings (SSSR count). The quantitative estimate of drug-likeness (QED) is 0.291. The van der Waals surface area contributed by atoms with Crippen LogP contribution in [0.1, 0.15) is 19.8 Å². The number of carboxylic acids is 1. The smallest absolute Gasteiger partial charge is 0.320 e. The number of hydrogen-bond donors (Lipinski definition) is 6. The van der Waals surface area contributed by atoms with Crippen LogP contribution in [0.25, 0.3) is 0 Å². The Balaban J connectivity index is 2.76. The second-order valence-electron chi connectivity index (χ2n) is 4.92. The van der Waals surface area contributed by atoms with Crippen LogP contribution in [0, 0.1) is 0 Å². The lowest BCUT2D eigenvalue weighted by Gasteiger charge is -2.32. The number of carbonyl (C=O) groups is 2. The number of aliphatic hydroxyl groups excluding tert-OH is 3. The van der Waals surface area contributed by atoms with Gasteiger partial charge in [0.1, 0.15) is 30.1 Å². The molecule has 0 aromatic carbocycles. The molecule has 0 bridgehead atoms. The molecule has 1 heterocycles. The van der Waals surface area contributed by atoms with Gasteiger partial charge in [-0.3, -0.25) is 14.9 Å². The van der Waals surface area contributed by atoms with Crippen LogP contribution in [0.4, 0.5) is 0 Å². The van der Waals surface area contributed by atoms with E-state index in [2.05, 4.69) is 5.32 Å². The lowest BCUT2D eigenvalue weighted by atomic mass is 10.0. The number of amides is 1. The highest BCUT2D eigenvalue weighted by molar-refractivity contribution is 5.77. The average Bonchev–Trinajstić information content (AvgIpc) is 2.58. The standard InChI is InChI=1S/C11H20N2O7/c1-11(9(17)8(16)6(4-14)20-11)13-5(10(18)19)2-3-7(12)15/h5-6,8-9,13-14,16-17H,2-4H2,1H3,(H2,12,15)(H,18,19)/t5-,6+,8+,9-,11?/m0/s1. The summed E-state index contributed by atoms with van der Waals surface area (Å²) in [5, 5.41) is 40.2. The number of carboxylic acid groups (broad SMARTS) is 1.